The Morgan fingerprint density at radius 1 is 0.324 bits per heavy atom. The number of carbonyl (C=O) groups excluding carboxylic acids is 5. The first-order valence-electron chi connectivity index (χ1n) is 32.3. The summed E-state index contributed by atoms with van der Waals surface area (Å²) < 4.78 is 54.7. The Bertz CT molecular complexity index is 3720. The van der Waals surface area contributed by atoms with Gasteiger partial charge in [0, 0.05) is 25.0 Å². The summed E-state index contributed by atoms with van der Waals surface area (Å²) in [6, 6.07) is 52.1. The van der Waals surface area contributed by atoms with E-state index >= 15 is 0 Å². The third-order valence-corrected chi connectivity index (χ3v) is 14.9. The second-order valence-electron chi connectivity index (χ2n) is 23.3. The summed E-state index contributed by atoms with van der Waals surface area (Å²) in [7, 11) is 0. The maximum atomic E-state index is 13.4. The number of ether oxygens (including phenoxy) is 10. The molecule has 28 heteroatoms. The summed E-state index contributed by atoms with van der Waals surface area (Å²) in [4.78, 5) is 102. The Morgan fingerprint density at radius 3 is 0.814 bits per heavy atom. The van der Waals surface area contributed by atoms with E-state index in [1.807, 2.05) is 24.3 Å². The lowest BCUT2D eigenvalue weighted by Crippen LogP contribution is -2.55. The van der Waals surface area contributed by atoms with Crippen molar-refractivity contribution in [3.63, 3.8) is 0 Å². The van der Waals surface area contributed by atoms with Gasteiger partial charge in [0.05, 0.1) is 30.4 Å². The Kier molecular flexibility index (Phi) is 30.7. The van der Waals surface area contributed by atoms with Crippen LogP contribution in [-0.4, -0.2) is 176 Å². The predicted octanol–water partition coefficient (Wildman–Crippen LogP) is 4.91. The largest absolute Gasteiger partial charge is 0.508 e. The lowest BCUT2D eigenvalue weighted by Gasteiger charge is -2.26. The number of phenols is 2. The number of aromatic hydroxyl groups is 2. The molecule has 0 fully saturated rings. The van der Waals surface area contributed by atoms with Crippen LogP contribution in [0.4, 0.5) is 0 Å². The molecule has 1 heterocycles. The highest BCUT2D eigenvalue weighted by molar-refractivity contribution is 5.90. The number of hydrogen-bond acceptors (Lipinski definition) is 25. The summed E-state index contributed by atoms with van der Waals surface area (Å²) in [6.07, 6.45) is -7.21. The van der Waals surface area contributed by atoms with Crippen LogP contribution in [0.5, 0.6) is 40.2 Å². The number of para-hydroxylation sites is 3. The molecule has 0 aliphatic heterocycles. The molecule has 0 aliphatic rings. The average Bonchev–Trinajstić information content (AvgIpc) is 0.811. The first kappa shape index (κ1) is 78.0. The van der Waals surface area contributed by atoms with Gasteiger partial charge in [-0.3, -0.25) is 14.4 Å². The molecular formula is C74H81N3O25. The third kappa shape index (κ3) is 26.1. The molecule has 0 radical (unpaired) electrons. The third-order valence-electron chi connectivity index (χ3n) is 14.9. The molecule has 102 heavy (non-hydrogen) atoms. The molecule has 0 amide bonds. The molecular weight excluding hydrogens is 1330 g/mol. The number of esters is 5. The number of aliphatic hydroxyl groups is 5. The molecule has 7 aromatic carbocycles. The number of rotatable bonds is 38. The highest BCUT2D eigenvalue weighted by Gasteiger charge is 2.25. The highest BCUT2D eigenvalue weighted by atomic mass is 16.6. The van der Waals surface area contributed by atoms with Crippen LogP contribution in [0, 0.1) is 0 Å². The number of aliphatic hydroxyl groups excluding tert-OH is 5. The van der Waals surface area contributed by atoms with Gasteiger partial charge in [0.25, 0.3) is 0 Å². The topological polar surface area (TPSA) is 385 Å². The molecule has 5 unspecified atom stereocenters. The minimum Gasteiger partial charge on any atom is -0.508 e. The van der Waals surface area contributed by atoms with Crippen molar-refractivity contribution in [2.45, 2.75) is 88.7 Å². The Labute approximate surface area is 585 Å². The zero-order valence-corrected chi connectivity index (χ0v) is 55.9. The molecule has 5 atom stereocenters. The first-order valence-corrected chi connectivity index (χ1v) is 32.3. The number of nitrogens with zero attached hydrogens (tertiary/aromatic N) is 3. The number of phenolic OH excluding ortho intramolecular Hbond substituents is 2. The minimum atomic E-state index is -1.19. The molecule has 8 aromatic rings. The Hall–Kier alpha value is -11.3. The summed E-state index contributed by atoms with van der Waals surface area (Å²) in [5.41, 5.74) is -1.24. The lowest BCUT2D eigenvalue weighted by molar-refractivity contribution is -0.148. The standard InChI is InChI=1S/C39H45N3O15.C35H36O10/c43-28(22-52-31-10-4-1-5-11-31)25-55-34(46)16-19-40-37(49)41(20-17-35(47)56-26-29(44)23-53-32-12-6-2-7-13-32)39(51)42(38(40)50)21-18-36(48)57-27-30(45)24-54-33-14-8-3-9-15-33;1-35(2,25-7-15-31(16-8-25)42-19-29(38)21-44-33(40)23-3-11-27(36)12-4-23)26-9-17-32(18-10-26)43-20-30(39)22-45-34(41)24-5-13-28(37)14-6-24/h1-15,28-30,43-45H,16-27H2;3-18,29-30,36-39H,19-22H2,1-2H3. The Morgan fingerprint density at radius 2 is 0.559 bits per heavy atom. The first-order chi connectivity index (χ1) is 49.0. The number of hydrogen-bond donors (Lipinski definition) is 7. The SMILES string of the molecule is CC(C)(c1ccc(OCC(O)COC(=O)c2ccc(O)cc2)cc1)c1ccc(OCC(O)COC(=O)c2ccc(O)cc2)cc1.O=C(CCn1c(=O)n(CCC(=O)OCC(O)COc2ccccc2)c(=O)n(CCC(=O)OCC(O)COc2ccccc2)c1=O)OCC(O)COc1ccccc1. The van der Waals surface area contributed by atoms with Gasteiger partial charge in [-0.05, 0) is 120 Å². The van der Waals surface area contributed by atoms with E-state index < -0.39 is 136 Å². The van der Waals surface area contributed by atoms with Crippen molar-refractivity contribution in [2.24, 2.45) is 0 Å². The monoisotopic (exact) mass is 1410 g/mol. The zero-order valence-electron chi connectivity index (χ0n) is 55.9. The van der Waals surface area contributed by atoms with E-state index in [4.69, 9.17) is 47.4 Å². The van der Waals surface area contributed by atoms with Crippen molar-refractivity contribution in [2.75, 3.05) is 66.1 Å². The van der Waals surface area contributed by atoms with E-state index in [9.17, 15) is 74.1 Å². The van der Waals surface area contributed by atoms with Crippen molar-refractivity contribution in [1.82, 2.24) is 13.7 Å². The number of benzene rings is 7. The van der Waals surface area contributed by atoms with Crippen molar-refractivity contribution in [3.05, 3.63) is 242 Å². The fourth-order valence-electron chi connectivity index (χ4n) is 9.21. The Balaban J connectivity index is 0.000000294. The van der Waals surface area contributed by atoms with Gasteiger partial charge in [-0.1, -0.05) is 92.7 Å². The quantitative estimate of drug-likeness (QED) is 0.0200. The van der Waals surface area contributed by atoms with Gasteiger partial charge in [-0.15, -0.1) is 0 Å². The van der Waals surface area contributed by atoms with E-state index in [0.717, 1.165) is 11.1 Å². The molecule has 0 bridgehead atoms. The summed E-state index contributed by atoms with van der Waals surface area (Å²) >= 11 is 0. The molecule has 0 saturated heterocycles. The van der Waals surface area contributed by atoms with E-state index in [-0.39, 0.29) is 74.3 Å². The van der Waals surface area contributed by atoms with Gasteiger partial charge >= 0.3 is 46.9 Å². The number of carbonyl (C=O) groups is 5. The van der Waals surface area contributed by atoms with E-state index in [2.05, 4.69) is 13.8 Å². The predicted molar refractivity (Wildman–Crippen MR) is 365 cm³/mol. The summed E-state index contributed by atoms with van der Waals surface area (Å²) in [5.74, 6) is -1.22. The van der Waals surface area contributed by atoms with Gasteiger partial charge in [0.1, 0.15) is 137 Å². The van der Waals surface area contributed by atoms with Gasteiger partial charge in [0.2, 0.25) is 0 Å². The van der Waals surface area contributed by atoms with Gasteiger partial charge in [0.15, 0.2) is 0 Å². The van der Waals surface area contributed by atoms with Crippen LogP contribution >= 0.6 is 0 Å². The average molecular weight is 1410 g/mol. The fraction of sp³-hybridized carbons (Fsp3) is 0.324. The van der Waals surface area contributed by atoms with Crippen LogP contribution in [-0.2, 0) is 63.1 Å². The maximum absolute atomic E-state index is 13.4. The van der Waals surface area contributed by atoms with Crippen LogP contribution in [0.1, 0.15) is 65.0 Å². The normalized spacial score (nSPS) is 12.5. The van der Waals surface area contributed by atoms with Gasteiger partial charge < -0.3 is 83.1 Å². The lowest BCUT2D eigenvalue weighted by atomic mass is 9.78. The fourth-order valence-corrected chi connectivity index (χ4v) is 9.21. The number of aromatic nitrogens is 3. The molecule has 542 valence electrons. The minimum absolute atomic E-state index is 0.0396. The van der Waals surface area contributed by atoms with Gasteiger partial charge in [-0.25, -0.2) is 37.7 Å². The summed E-state index contributed by atoms with van der Waals surface area (Å²) in [6.45, 7) is -0.0433. The molecule has 1 aromatic heterocycles. The molecule has 0 saturated carbocycles. The maximum Gasteiger partial charge on any atom is 0.338 e. The molecule has 28 nitrogen and oxygen atoms in total. The molecule has 0 spiro atoms. The molecule has 0 aliphatic carbocycles. The molecule has 7 N–H and O–H groups in total. The van der Waals surface area contributed by atoms with E-state index in [0.29, 0.717) is 42.4 Å². The van der Waals surface area contributed by atoms with Crippen LogP contribution in [0.3, 0.4) is 0 Å². The van der Waals surface area contributed by atoms with Crippen molar-refractivity contribution in [3.8, 4) is 40.2 Å². The van der Waals surface area contributed by atoms with Crippen molar-refractivity contribution in [1.29, 1.82) is 0 Å². The smallest absolute Gasteiger partial charge is 0.338 e. The van der Waals surface area contributed by atoms with Crippen LogP contribution in [0.2, 0.25) is 0 Å². The summed E-state index contributed by atoms with van der Waals surface area (Å²) in [5, 5.41) is 69.5. The van der Waals surface area contributed by atoms with E-state index in [1.165, 1.54) is 48.5 Å². The van der Waals surface area contributed by atoms with Crippen LogP contribution in [0.15, 0.2) is 202 Å². The van der Waals surface area contributed by atoms with Crippen LogP contribution < -0.4 is 40.8 Å². The highest BCUT2D eigenvalue weighted by Crippen LogP contribution is 2.33. The second kappa shape index (κ2) is 40.1. The second-order valence-corrected chi connectivity index (χ2v) is 23.3. The molecule has 8 rings (SSSR count). The van der Waals surface area contributed by atoms with E-state index in [1.54, 1.807) is 115 Å². The van der Waals surface area contributed by atoms with Crippen molar-refractivity contribution >= 4 is 29.8 Å². The van der Waals surface area contributed by atoms with Gasteiger partial charge in [-0.2, -0.15) is 0 Å². The van der Waals surface area contributed by atoms with Crippen LogP contribution in [0.25, 0.3) is 0 Å². The van der Waals surface area contributed by atoms with Crippen molar-refractivity contribution < 1.29 is 107 Å². The zero-order chi connectivity index (χ0) is 73.4.